The highest BCUT2D eigenvalue weighted by Crippen LogP contribution is 2.35. The summed E-state index contributed by atoms with van der Waals surface area (Å²) in [6, 6.07) is 13.8. The van der Waals surface area contributed by atoms with Crippen molar-refractivity contribution in [2.24, 2.45) is 5.10 Å². The molecule has 0 heterocycles. The number of hydrogen-bond donors (Lipinski definition) is 1. The SMILES string of the molecule is CCOc1cc(C(=O)N/N=C/c2cc(I)c(OCc3ccc(Cl)cc3Cl)c(OC)c2)ccc1OC. The van der Waals surface area contributed by atoms with Gasteiger partial charge in [-0.15, -0.1) is 0 Å². The van der Waals surface area contributed by atoms with Crippen LogP contribution in [-0.4, -0.2) is 32.9 Å². The van der Waals surface area contributed by atoms with Crippen LogP contribution in [0.4, 0.5) is 0 Å². The zero-order chi connectivity index (χ0) is 25.4. The van der Waals surface area contributed by atoms with Crippen LogP contribution < -0.4 is 24.4 Å². The van der Waals surface area contributed by atoms with Crippen LogP contribution in [0.15, 0.2) is 53.6 Å². The van der Waals surface area contributed by atoms with Crippen LogP contribution in [0.2, 0.25) is 10.0 Å². The van der Waals surface area contributed by atoms with Gasteiger partial charge in [0.2, 0.25) is 0 Å². The summed E-state index contributed by atoms with van der Waals surface area (Å²) < 4.78 is 23.0. The van der Waals surface area contributed by atoms with Gasteiger partial charge < -0.3 is 18.9 Å². The van der Waals surface area contributed by atoms with E-state index in [9.17, 15) is 4.79 Å². The number of benzene rings is 3. The number of amides is 1. The third kappa shape index (κ3) is 7.16. The molecule has 0 aliphatic carbocycles. The number of nitrogens with zero attached hydrogens (tertiary/aromatic N) is 1. The van der Waals surface area contributed by atoms with Gasteiger partial charge in [0, 0.05) is 21.2 Å². The fourth-order valence-electron chi connectivity index (χ4n) is 3.06. The molecule has 0 spiro atoms. The van der Waals surface area contributed by atoms with Crippen molar-refractivity contribution in [1.82, 2.24) is 5.43 Å². The van der Waals surface area contributed by atoms with Crippen LogP contribution in [0.3, 0.4) is 0 Å². The largest absolute Gasteiger partial charge is 0.493 e. The number of methoxy groups -OCH3 is 2. The van der Waals surface area contributed by atoms with Gasteiger partial charge in [0.05, 0.1) is 30.6 Å². The van der Waals surface area contributed by atoms with Crippen molar-refractivity contribution < 1.29 is 23.7 Å². The lowest BCUT2D eigenvalue weighted by atomic mass is 10.2. The second-order valence-corrected chi connectivity index (χ2v) is 9.06. The second-order valence-electron chi connectivity index (χ2n) is 7.06. The Balaban J connectivity index is 1.70. The molecule has 0 radical (unpaired) electrons. The van der Waals surface area contributed by atoms with Gasteiger partial charge >= 0.3 is 0 Å². The zero-order valence-corrected chi connectivity index (χ0v) is 22.9. The van der Waals surface area contributed by atoms with Gasteiger partial charge in [-0.2, -0.15) is 5.10 Å². The number of nitrogens with one attached hydrogen (secondary N) is 1. The van der Waals surface area contributed by atoms with Gasteiger partial charge in [0.15, 0.2) is 23.0 Å². The summed E-state index contributed by atoms with van der Waals surface area (Å²) in [5.41, 5.74) is 4.42. The molecule has 3 rings (SSSR count). The minimum atomic E-state index is -0.383. The molecule has 1 N–H and O–H groups in total. The standard InChI is InChI=1S/C25H23Cl2IN2O5/c1-4-34-22-11-16(6-8-21(22)32-2)25(31)30-29-13-15-9-20(28)24(23(10-15)33-3)35-14-17-5-7-18(26)12-19(17)27/h5-13H,4,14H2,1-3H3,(H,30,31)/b29-13+. The minimum absolute atomic E-state index is 0.247. The maximum Gasteiger partial charge on any atom is 0.271 e. The lowest BCUT2D eigenvalue weighted by molar-refractivity contribution is 0.0954. The fourth-order valence-corrected chi connectivity index (χ4v) is 4.30. The van der Waals surface area contributed by atoms with Crippen LogP contribution in [0.1, 0.15) is 28.4 Å². The van der Waals surface area contributed by atoms with E-state index in [0.29, 0.717) is 50.8 Å². The third-order valence-corrected chi connectivity index (χ3v) is 6.13. The first-order valence-corrected chi connectivity index (χ1v) is 12.3. The number of rotatable bonds is 10. The molecule has 0 aliphatic rings. The third-order valence-electron chi connectivity index (χ3n) is 4.74. The summed E-state index contributed by atoms with van der Waals surface area (Å²) in [4.78, 5) is 12.5. The van der Waals surface area contributed by atoms with E-state index in [4.69, 9.17) is 42.1 Å². The zero-order valence-electron chi connectivity index (χ0n) is 19.2. The average Bonchev–Trinajstić information content (AvgIpc) is 2.84. The number of halogens is 3. The van der Waals surface area contributed by atoms with Gasteiger partial charge in [-0.1, -0.05) is 29.3 Å². The molecule has 0 aliphatic heterocycles. The molecule has 0 aromatic heterocycles. The molecule has 0 saturated heterocycles. The van der Waals surface area contributed by atoms with Crippen molar-refractivity contribution in [2.75, 3.05) is 20.8 Å². The first kappa shape index (κ1) is 26.9. The van der Waals surface area contributed by atoms with Crippen molar-refractivity contribution in [3.8, 4) is 23.0 Å². The normalized spacial score (nSPS) is 10.8. The highest BCUT2D eigenvalue weighted by Gasteiger charge is 2.13. The molecule has 184 valence electrons. The van der Waals surface area contributed by atoms with Crippen molar-refractivity contribution in [2.45, 2.75) is 13.5 Å². The molecule has 0 fully saturated rings. The summed E-state index contributed by atoms with van der Waals surface area (Å²) in [6.45, 7) is 2.55. The Morgan fingerprint density at radius 2 is 1.77 bits per heavy atom. The van der Waals surface area contributed by atoms with Gasteiger partial charge in [0.1, 0.15) is 6.61 Å². The molecule has 1 amide bonds. The number of hydrazone groups is 1. The highest BCUT2D eigenvalue weighted by molar-refractivity contribution is 14.1. The monoisotopic (exact) mass is 628 g/mol. The second kappa shape index (κ2) is 12.9. The summed E-state index contributed by atoms with van der Waals surface area (Å²) in [5.74, 6) is 1.75. The molecule has 3 aromatic carbocycles. The van der Waals surface area contributed by atoms with Crippen molar-refractivity contribution in [3.05, 3.63) is 78.8 Å². The maximum absolute atomic E-state index is 12.5. The van der Waals surface area contributed by atoms with E-state index < -0.39 is 0 Å². The molecule has 0 bridgehead atoms. The molecular formula is C25H23Cl2IN2O5. The van der Waals surface area contributed by atoms with Gasteiger partial charge in [-0.3, -0.25) is 4.79 Å². The Hall–Kier alpha value is -2.69. The van der Waals surface area contributed by atoms with Crippen LogP contribution in [0, 0.1) is 3.57 Å². The molecular weight excluding hydrogens is 606 g/mol. The topological polar surface area (TPSA) is 78.4 Å². The van der Waals surface area contributed by atoms with Crippen LogP contribution >= 0.6 is 45.8 Å². The Morgan fingerprint density at radius 1 is 1.00 bits per heavy atom. The smallest absolute Gasteiger partial charge is 0.271 e. The predicted molar refractivity (Wildman–Crippen MR) is 146 cm³/mol. The molecule has 10 heteroatoms. The van der Waals surface area contributed by atoms with Crippen LogP contribution in [-0.2, 0) is 6.61 Å². The Bertz CT molecular complexity index is 1240. The first-order valence-electron chi connectivity index (χ1n) is 10.4. The first-order chi connectivity index (χ1) is 16.9. The molecule has 0 saturated carbocycles. The summed E-state index contributed by atoms with van der Waals surface area (Å²) in [5, 5.41) is 5.15. The Morgan fingerprint density at radius 3 is 2.46 bits per heavy atom. The molecule has 0 atom stereocenters. The van der Waals surface area contributed by atoms with Crippen molar-refractivity contribution in [3.63, 3.8) is 0 Å². The lowest BCUT2D eigenvalue weighted by Gasteiger charge is -2.14. The minimum Gasteiger partial charge on any atom is -0.493 e. The number of ether oxygens (including phenoxy) is 4. The summed E-state index contributed by atoms with van der Waals surface area (Å²) in [6.07, 6.45) is 1.52. The van der Waals surface area contributed by atoms with E-state index in [1.165, 1.54) is 6.21 Å². The number of carbonyl (C=O) groups is 1. The maximum atomic E-state index is 12.5. The van der Waals surface area contributed by atoms with E-state index in [1.807, 2.05) is 19.1 Å². The molecule has 7 nitrogen and oxygen atoms in total. The highest BCUT2D eigenvalue weighted by atomic mass is 127. The number of carbonyl (C=O) groups excluding carboxylic acids is 1. The van der Waals surface area contributed by atoms with Crippen molar-refractivity contribution >= 4 is 57.9 Å². The molecule has 3 aromatic rings. The Labute approximate surface area is 227 Å². The van der Waals surface area contributed by atoms with Crippen molar-refractivity contribution in [1.29, 1.82) is 0 Å². The van der Waals surface area contributed by atoms with E-state index in [-0.39, 0.29) is 12.5 Å². The van der Waals surface area contributed by atoms with Gasteiger partial charge in [-0.05, 0) is 77.5 Å². The summed E-state index contributed by atoms with van der Waals surface area (Å²) in [7, 11) is 3.09. The van der Waals surface area contributed by atoms with Crippen LogP contribution in [0.5, 0.6) is 23.0 Å². The Kier molecular flexibility index (Phi) is 9.88. The predicted octanol–water partition coefficient (Wildman–Crippen LogP) is 6.36. The van der Waals surface area contributed by atoms with E-state index in [1.54, 1.807) is 50.6 Å². The van der Waals surface area contributed by atoms with E-state index >= 15 is 0 Å². The lowest BCUT2D eigenvalue weighted by Crippen LogP contribution is -2.17. The van der Waals surface area contributed by atoms with E-state index in [2.05, 4.69) is 33.1 Å². The van der Waals surface area contributed by atoms with Gasteiger partial charge in [0.25, 0.3) is 5.91 Å². The molecule has 0 unspecified atom stereocenters. The average molecular weight is 629 g/mol. The summed E-state index contributed by atoms with van der Waals surface area (Å²) >= 11 is 14.3. The van der Waals surface area contributed by atoms with E-state index in [0.717, 1.165) is 9.13 Å². The quantitative estimate of drug-likeness (QED) is 0.161. The fraction of sp³-hybridized carbons (Fsp3) is 0.200. The van der Waals surface area contributed by atoms with Crippen LogP contribution in [0.25, 0.3) is 0 Å². The number of hydrogen-bond acceptors (Lipinski definition) is 6. The molecule has 35 heavy (non-hydrogen) atoms. The van der Waals surface area contributed by atoms with Gasteiger partial charge in [-0.25, -0.2) is 5.43 Å².